The molecule has 2 heterocycles. The molecule has 0 bridgehead atoms. The Kier molecular flexibility index (Phi) is 3.98. The molecule has 0 saturated carbocycles. The van der Waals surface area contributed by atoms with E-state index in [2.05, 4.69) is 26.1 Å². The lowest BCUT2D eigenvalue weighted by Gasteiger charge is -2.13. The normalized spacial score (nSPS) is 15.4. The van der Waals surface area contributed by atoms with Crippen LogP contribution in [-0.2, 0) is 19.4 Å². The van der Waals surface area contributed by atoms with Crippen molar-refractivity contribution in [3.8, 4) is 0 Å². The van der Waals surface area contributed by atoms with Crippen LogP contribution in [0.4, 0.5) is 5.95 Å². The third-order valence-corrected chi connectivity index (χ3v) is 4.55. The molecule has 0 unspecified atom stereocenters. The maximum atomic E-state index is 9.57. The molecule has 6 nitrogen and oxygen atoms in total. The van der Waals surface area contributed by atoms with Crippen molar-refractivity contribution in [2.24, 2.45) is 0 Å². The van der Waals surface area contributed by atoms with Crippen molar-refractivity contribution in [3.63, 3.8) is 0 Å². The predicted octanol–water partition coefficient (Wildman–Crippen LogP) is 2.74. The highest BCUT2D eigenvalue weighted by molar-refractivity contribution is 5.78. The van der Waals surface area contributed by atoms with Crippen molar-refractivity contribution in [1.82, 2.24) is 14.7 Å². The van der Waals surface area contributed by atoms with Crippen molar-refractivity contribution in [2.75, 3.05) is 11.9 Å². The van der Waals surface area contributed by atoms with Crippen LogP contribution in [-0.4, -0.2) is 32.5 Å². The van der Waals surface area contributed by atoms with E-state index in [1.807, 2.05) is 18.2 Å². The van der Waals surface area contributed by atoms with E-state index in [0.29, 0.717) is 13.1 Å². The number of benzene rings is 1. The summed E-state index contributed by atoms with van der Waals surface area (Å²) in [4.78, 5) is 4.66. The second-order valence-electron chi connectivity index (χ2n) is 6.48. The molecule has 0 fully saturated rings. The van der Waals surface area contributed by atoms with Gasteiger partial charge in [-0.25, -0.2) is 4.98 Å². The summed E-state index contributed by atoms with van der Waals surface area (Å²) in [5.41, 5.74) is 4.24. The Morgan fingerprint density at radius 3 is 3.00 bits per heavy atom. The van der Waals surface area contributed by atoms with Gasteiger partial charge in [0.2, 0.25) is 5.95 Å². The number of para-hydroxylation sites is 2. The fourth-order valence-corrected chi connectivity index (χ4v) is 3.33. The first-order valence-corrected chi connectivity index (χ1v) is 8.56. The first-order chi connectivity index (χ1) is 11.7. The molecule has 2 aromatic heterocycles. The molecule has 0 aliphatic heterocycles. The zero-order chi connectivity index (χ0) is 16.5. The number of rotatable bonds is 5. The lowest BCUT2D eigenvalue weighted by molar-refractivity contribution is 0.208. The molecule has 0 radical (unpaired) electrons. The minimum Gasteiger partial charge on any atom is -0.392 e. The maximum absolute atomic E-state index is 9.57. The van der Waals surface area contributed by atoms with Crippen LogP contribution in [0.3, 0.4) is 0 Å². The zero-order valence-corrected chi connectivity index (χ0v) is 13.8. The summed E-state index contributed by atoms with van der Waals surface area (Å²) in [6, 6.07) is 8.05. The number of nitrogens with one attached hydrogen (secondary N) is 1. The molecule has 1 atom stereocenters. The third-order valence-electron chi connectivity index (χ3n) is 4.55. The molecule has 0 spiro atoms. The molecule has 126 valence electrons. The van der Waals surface area contributed by atoms with Gasteiger partial charge < -0.3 is 19.5 Å². The summed E-state index contributed by atoms with van der Waals surface area (Å²) in [6.45, 7) is 2.84. The van der Waals surface area contributed by atoms with Gasteiger partial charge in [-0.2, -0.15) is 0 Å². The Balaban J connectivity index is 1.71. The lowest BCUT2D eigenvalue weighted by Crippen LogP contribution is -2.18. The van der Waals surface area contributed by atoms with Crippen LogP contribution in [0.15, 0.2) is 28.8 Å². The lowest BCUT2D eigenvalue weighted by atomic mass is 9.96. The summed E-state index contributed by atoms with van der Waals surface area (Å²) in [5, 5.41) is 17.1. The third kappa shape index (κ3) is 2.78. The SMILES string of the molecule is C[C@H](O)CNc1nc2ccccc2n1Cc1noc2c1CCCC2. The molecule has 4 rings (SSSR count). The summed E-state index contributed by atoms with van der Waals surface area (Å²) >= 11 is 0. The van der Waals surface area contributed by atoms with Gasteiger partial charge in [0, 0.05) is 18.5 Å². The average Bonchev–Trinajstić information content (AvgIpc) is 3.16. The van der Waals surface area contributed by atoms with Gasteiger partial charge in [-0.1, -0.05) is 17.3 Å². The van der Waals surface area contributed by atoms with Crippen molar-refractivity contribution < 1.29 is 9.63 Å². The molecule has 2 N–H and O–H groups in total. The van der Waals surface area contributed by atoms with Crippen LogP contribution in [0.1, 0.15) is 36.8 Å². The average molecular weight is 326 g/mol. The van der Waals surface area contributed by atoms with Gasteiger partial charge in [0.1, 0.15) is 11.5 Å². The van der Waals surface area contributed by atoms with E-state index < -0.39 is 6.10 Å². The van der Waals surface area contributed by atoms with Crippen LogP contribution in [0.5, 0.6) is 0 Å². The molecule has 24 heavy (non-hydrogen) atoms. The molecule has 1 aromatic carbocycles. The van der Waals surface area contributed by atoms with E-state index in [1.165, 1.54) is 18.4 Å². The molecule has 1 aliphatic rings. The highest BCUT2D eigenvalue weighted by Crippen LogP contribution is 2.27. The fraction of sp³-hybridized carbons (Fsp3) is 0.444. The summed E-state index contributed by atoms with van der Waals surface area (Å²) in [5.74, 6) is 1.80. The number of imidazole rings is 1. The van der Waals surface area contributed by atoms with Gasteiger partial charge in [0.25, 0.3) is 0 Å². The Morgan fingerprint density at radius 1 is 1.29 bits per heavy atom. The smallest absolute Gasteiger partial charge is 0.204 e. The quantitative estimate of drug-likeness (QED) is 0.754. The van der Waals surface area contributed by atoms with Crippen LogP contribution in [0.25, 0.3) is 11.0 Å². The topological polar surface area (TPSA) is 76.1 Å². The summed E-state index contributed by atoms with van der Waals surface area (Å²) in [6.07, 6.45) is 3.96. The van der Waals surface area contributed by atoms with Crippen LogP contribution >= 0.6 is 0 Å². The van der Waals surface area contributed by atoms with Gasteiger partial charge in [0.05, 0.1) is 23.7 Å². The predicted molar refractivity (Wildman–Crippen MR) is 92.2 cm³/mol. The maximum Gasteiger partial charge on any atom is 0.204 e. The molecule has 0 amide bonds. The summed E-state index contributed by atoms with van der Waals surface area (Å²) < 4.78 is 7.66. The first kappa shape index (κ1) is 15.2. The summed E-state index contributed by atoms with van der Waals surface area (Å²) in [7, 11) is 0. The number of aromatic nitrogens is 3. The van der Waals surface area contributed by atoms with E-state index >= 15 is 0 Å². The van der Waals surface area contributed by atoms with E-state index in [1.54, 1.807) is 6.92 Å². The van der Waals surface area contributed by atoms with E-state index in [9.17, 15) is 5.11 Å². The fourth-order valence-electron chi connectivity index (χ4n) is 3.33. The van der Waals surface area contributed by atoms with E-state index in [-0.39, 0.29) is 0 Å². The second kappa shape index (κ2) is 6.28. The van der Waals surface area contributed by atoms with Crippen molar-refractivity contribution >= 4 is 17.0 Å². The second-order valence-corrected chi connectivity index (χ2v) is 6.48. The molecule has 0 saturated heterocycles. The molecule has 6 heteroatoms. The van der Waals surface area contributed by atoms with Crippen LogP contribution in [0.2, 0.25) is 0 Å². The van der Waals surface area contributed by atoms with Crippen LogP contribution in [0, 0.1) is 0 Å². The Morgan fingerprint density at radius 2 is 2.12 bits per heavy atom. The highest BCUT2D eigenvalue weighted by atomic mass is 16.5. The highest BCUT2D eigenvalue weighted by Gasteiger charge is 2.21. The van der Waals surface area contributed by atoms with Crippen molar-refractivity contribution in [3.05, 3.63) is 41.3 Å². The molecular formula is C18H22N4O2. The zero-order valence-electron chi connectivity index (χ0n) is 13.8. The number of hydrogen-bond donors (Lipinski definition) is 2. The number of hydrogen-bond acceptors (Lipinski definition) is 5. The number of aliphatic hydroxyl groups is 1. The van der Waals surface area contributed by atoms with Gasteiger partial charge >= 0.3 is 0 Å². The number of anilines is 1. The first-order valence-electron chi connectivity index (χ1n) is 8.56. The van der Waals surface area contributed by atoms with Gasteiger partial charge in [-0.15, -0.1) is 0 Å². The van der Waals surface area contributed by atoms with Gasteiger partial charge in [-0.3, -0.25) is 0 Å². The Labute approximate surface area is 140 Å². The molecule has 1 aliphatic carbocycles. The van der Waals surface area contributed by atoms with E-state index in [4.69, 9.17) is 4.52 Å². The van der Waals surface area contributed by atoms with Crippen molar-refractivity contribution in [2.45, 2.75) is 45.3 Å². The Bertz CT molecular complexity index is 850. The largest absolute Gasteiger partial charge is 0.392 e. The van der Waals surface area contributed by atoms with Gasteiger partial charge in [-0.05, 0) is 38.3 Å². The van der Waals surface area contributed by atoms with Gasteiger partial charge in [0.15, 0.2) is 0 Å². The molecule has 3 aromatic rings. The van der Waals surface area contributed by atoms with E-state index in [0.717, 1.165) is 41.3 Å². The Hall–Kier alpha value is -2.34. The molecular weight excluding hydrogens is 304 g/mol. The van der Waals surface area contributed by atoms with Crippen LogP contribution < -0.4 is 5.32 Å². The number of fused-ring (bicyclic) bond motifs is 2. The number of aryl methyl sites for hydroxylation is 1. The van der Waals surface area contributed by atoms with Crippen molar-refractivity contribution in [1.29, 1.82) is 0 Å². The number of nitrogens with zero attached hydrogens (tertiary/aromatic N) is 3. The standard InChI is InChI=1S/C18H22N4O2/c1-12(23)10-19-18-20-14-7-3-4-8-16(14)22(18)11-15-13-6-2-5-9-17(13)24-21-15/h3-4,7-8,12,23H,2,5-6,9-11H2,1H3,(H,19,20)/t12-/m0/s1. The monoisotopic (exact) mass is 326 g/mol. The number of aliphatic hydroxyl groups excluding tert-OH is 1. The minimum absolute atomic E-state index is 0.432. The minimum atomic E-state index is -0.432.